The van der Waals surface area contributed by atoms with Crippen LogP contribution in [0.1, 0.15) is 16.9 Å². The summed E-state index contributed by atoms with van der Waals surface area (Å²) in [5, 5.41) is 7.82. The maximum Gasteiger partial charge on any atom is 0.135 e. The molecule has 3 aromatic heterocycles. The van der Waals surface area contributed by atoms with Gasteiger partial charge in [0.1, 0.15) is 11.5 Å². The van der Waals surface area contributed by atoms with Crippen molar-refractivity contribution >= 4 is 0 Å². The molecule has 0 atom stereocenters. The fourth-order valence-electron chi connectivity index (χ4n) is 2.82. The molecule has 0 spiro atoms. The first kappa shape index (κ1) is 16.3. The van der Waals surface area contributed by atoms with Crippen molar-refractivity contribution in [3.05, 3.63) is 96.3 Å². The molecule has 1 N–H and O–H groups in total. The Labute approximate surface area is 152 Å². The number of pyridine rings is 1. The van der Waals surface area contributed by atoms with Gasteiger partial charge in [-0.1, -0.05) is 30.3 Å². The zero-order valence-corrected chi connectivity index (χ0v) is 14.4. The Hall–Kier alpha value is -3.18. The van der Waals surface area contributed by atoms with Crippen LogP contribution in [0, 0.1) is 0 Å². The maximum atomic E-state index is 5.87. The highest BCUT2D eigenvalue weighted by atomic mass is 16.3. The molecule has 26 heavy (non-hydrogen) atoms. The van der Waals surface area contributed by atoms with E-state index in [2.05, 4.69) is 33.7 Å². The first-order valence-electron chi connectivity index (χ1n) is 8.62. The van der Waals surface area contributed by atoms with E-state index < -0.39 is 0 Å². The van der Waals surface area contributed by atoms with Crippen LogP contribution < -0.4 is 5.32 Å². The second-order valence-electron chi connectivity index (χ2n) is 6.14. The van der Waals surface area contributed by atoms with Crippen LogP contribution in [0.15, 0.2) is 83.8 Å². The lowest BCUT2D eigenvalue weighted by Crippen LogP contribution is -2.11. The van der Waals surface area contributed by atoms with E-state index in [1.54, 1.807) is 12.4 Å². The molecule has 4 rings (SSSR count). The number of hydrogen-bond donors (Lipinski definition) is 1. The summed E-state index contributed by atoms with van der Waals surface area (Å²) in [6.07, 6.45) is 7.53. The van der Waals surface area contributed by atoms with Gasteiger partial charge in [0, 0.05) is 36.3 Å². The second-order valence-corrected chi connectivity index (χ2v) is 6.14. The fraction of sp³-hybridized carbons (Fsp3) is 0.143. The molecule has 3 heterocycles. The Balaban J connectivity index is 1.29. The molecular formula is C21H20N4O. The Morgan fingerprint density at radius 2 is 1.81 bits per heavy atom. The molecule has 0 unspecified atom stereocenters. The molecule has 5 nitrogen and oxygen atoms in total. The van der Waals surface area contributed by atoms with Gasteiger partial charge in [-0.05, 0) is 29.8 Å². The number of aromatic nitrogens is 3. The molecule has 0 radical (unpaired) electrons. The van der Waals surface area contributed by atoms with Crippen molar-refractivity contribution in [3.63, 3.8) is 0 Å². The van der Waals surface area contributed by atoms with Gasteiger partial charge in [-0.3, -0.25) is 9.67 Å². The molecule has 1 aromatic carbocycles. The molecule has 4 aromatic rings. The van der Waals surface area contributed by atoms with Crippen molar-refractivity contribution < 1.29 is 4.42 Å². The van der Waals surface area contributed by atoms with Gasteiger partial charge >= 0.3 is 0 Å². The van der Waals surface area contributed by atoms with E-state index in [9.17, 15) is 0 Å². The average Bonchev–Trinajstić information content (AvgIpc) is 3.33. The topological polar surface area (TPSA) is 55.9 Å². The van der Waals surface area contributed by atoms with Gasteiger partial charge in [0.25, 0.3) is 0 Å². The molecule has 5 heteroatoms. The van der Waals surface area contributed by atoms with Crippen LogP contribution >= 0.6 is 0 Å². The zero-order valence-electron chi connectivity index (χ0n) is 14.4. The van der Waals surface area contributed by atoms with Gasteiger partial charge in [0.2, 0.25) is 0 Å². The highest BCUT2D eigenvalue weighted by molar-refractivity contribution is 5.55. The molecular weight excluding hydrogens is 324 g/mol. The Bertz CT molecular complexity index is 944. The number of hydrogen-bond acceptors (Lipinski definition) is 4. The number of nitrogens with zero attached hydrogens (tertiary/aromatic N) is 3. The van der Waals surface area contributed by atoms with Gasteiger partial charge in [-0.15, -0.1) is 0 Å². The Morgan fingerprint density at radius 3 is 2.65 bits per heavy atom. The van der Waals surface area contributed by atoms with Crippen molar-refractivity contribution in [1.82, 2.24) is 20.1 Å². The molecule has 0 aliphatic heterocycles. The van der Waals surface area contributed by atoms with Crippen LogP contribution in [0.25, 0.3) is 11.3 Å². The third kappa shape index (κ3) is 4.07. The summed E-state index contributed by atoms with van der Waals surface area (Å²) in [6, 6.07) is 18.2. The first-order valence-corrected chi connectivity index (χ1v) is 8.62. The third-order valence-corrected chi connectivity index (χ3v) is 4.11. The minimum atomic E-state index is 0.671. The lowest BCUT2D eigenvalue weighted by atomic mass is 10.2. The summed E-state index contributed by atoms with van der Waals surface area (Å²) in [6.45, 7) is 2.20. The number of rotatable bonds is 7. The number of nitrogens with one attached hydrogen (secondary N) is 1. The van der Waals surface area contributed by atoms with Crippen molar-refractivity contribution in [1.29, 1.82) is 0 Å². The smallest absolute Gasteiger partial charge is 0.135 e. The number of furan rings is 1. The lowest BCUT2D eigenvalue weighted by molar-refractivity contribution is 0.493. The first-order chi connectivity index (χ1) is 12.9. The lowest BCUT2D eigenvalue weighted by Gasteiger charge is -2.02. The molecule has 0 fully saturated rings. The summed E-state index contributed by atoms with van der Waals surface area (Å²) < 4.78 is 7.83. The Morgan fingerprint density at radius 1 is 0.885 bits per heavy atom. The summed E-state index contributed by atoms with van der Waals surface area (Å²) in [4.78, 5) is 4.12. The quantitative estimate of drug-likeness (QED) is 0.553. The summed E-state index contributed by atoms with van der Waals surface area (Å²) >= 11 is 0. The van der Waals surface area contributed by atoms with Crippen molar-refractivity contribution in [2.45, 2.75) is 19.6 Å². The van der Waals surface area contributed by atoms with Crippen LogP contribution in [0.3, 0.4) is 0 Å². The van der Waals surface area contributed by atoms with Crippen molar-refractivity contribution in [2.75, 3.05) is 0 Å². The van der Waals surface area contributed by atoms with Gasteiger partial charge in [-0.2, -0.15) is 5.10 Å². The van der Waals surface area contributed by atoms with E-state index in [0.29, 0.717) is 6.54 Å². The van der Waals surface area contributed by atoms with E-state index in [0.717, 1.165) is 35.7 Å². The minimum absolute atomic E-state index is 0.671. The predicted molar refractivity (Wildman–Crippen MR) is 100 cm³/mol. The minimum Gasteiger partial charge on any atom is -0.460 e. The van der Waals surface area contributed by atoms with E-state index in [-0.39, 0.29) is 0 Å². The van der Waals surface area contributed by atoms with Gasteiger partial charge in [-0.25, -0.2) is 0 Å². The molecule has 0 saturated carbocycles. The van der Waals surface area contributed by atoms with Crippen LogP contribution in [-0.4, -0.2) is 14.8 Å². The van der Waals surface area contributed by atoms with Gasteiger partial charge in [0.05, 0.1) is 19.3 Å². The molecule has 0 amide bonds. The largest absolute Gasteiger partial charge is 0.460 e. The highest BCUT2D eigenvalue weighted by Gasteiger charge is 2.05. The summed E-state index contributed by atoms with van der Waals surface area (Å²) in [5.74, 6) is 1.74. The summed E-state index contributed by atoms with van der Waals surface area (Å²) in [5.41, 5.74) is 3.38. The molecule has 0 aliphatic carbocycles. The van der Waals surface area contributed by atoms with E-state index in [1.807, 2.05) is 53.3 Å². The SMILES string of the molecule is c1ccc(Cn2cc(CNCc3ccc(-c4cccnc4)o3)cn2)cc1. The molecule has 0 aliphatic rings. The molecule has 0 bridgehead atoms. The van der Waals surface area contributed by atoms with E-state index in [4.69, 9.17) is 4.42 Å². The van der Waals surface area contributed by atoms with Crippen LogP contribution in [0.4, 0.5) is 0 Å². The average molecular weight is 344 g/mol. The summed E-state index contributed by atoms with van der Waals surface area (Å²) in [7, 11) is 0. The van der Waals surface area contributed by atoms with Gasteiger partial charge in [0.15, 0.2) is 0 Å². The van der Waals surface area contributed by atoms with E-state index >= 15 is 0 Å². The van der Waals surface area contributed by atoms with Gasteiger partial charge < -0.3 is 9.73 Å². The van der Waals surface area contributed by atoms with Crippen LogP contribution in [0.5, 0.6) is 0 Å². The Kier molecular flexibility index (Phi) is 4.89. The predicted octanol–water partition coefficient (Wildman–Crippen LogP) is 3.88. The fourth-order valence-corrected chi connectivity index (χ4v) is 2.82. The highest BCUT2D eigenvalue weighted by Crippen LogP contribution is 2.20. The molecule has 0 saturated heterocycles. The van der Waals surface area contributed by atoms with Crippen LogP contribution in [0.2, 0.25) is 0 Å². The standard InChI is InChI=1S/C21H20N4O/c1-2-5-17(6-3-1)15-25-16-18(12-24-25)11-23-14-20-8-9-21(26-20)19-7-4-10-22-13-19/h1-10,12-13,16,23H,11,14-15H2. The monoisotopic (exact) mass is 344 g/mol. The van der Waals surface area contributed by atoms with Crippen molar-refractivity contribution in [3.8, 4) is 11.3 Å². The number of benzene rings is 1. The molecule has 130 valence electrons. The van der Waals surface area contributed by atoms with Crippen LogP contribution in [-0.2, 0) is 19.6 Å². The van der Waals surface area contributed by atoms with Crippen molar-refractivity contribution in [2.24, 2.45) is 0 Å². The maximum absolute atomic E-state index is 5.87. The second kappa shape index (κ2) is 7.80. The zero-order chi connectivity index (χ0) is 17.6. The van der Waals surface area contributed by atoms with E-state index in [1.165, 1.54) is 5.56 Å². The third-order valence-electron chi connectivity index (χ3n) is 4.11. The normalized spacial score (nSPS) is 10.9.